The van der Waals surface area contributed by atoms with Crippen molar-refractivity contribution in [3.8, 4) is 0 Å². The summed E-state index contributed by atoms with van der Waals surface area (Å²) >= 11 is 0. The molecule has 112 valence electrons. The number of fused-ring (bicyclic) bond motifs is 1. The first kappa shape index (κ1) is 14.1. The second kappa shape index (κ2) is 5.15. The lowest BCUT2D eigenvalue weighted by molar-refractivity contribution is 0.0618. The summed E-state index contributed by atoms with van der Waals surface area (Å²) < 4.78 is 18.9. The van der Waals surface area contributed by atoms with Gasteiger partial charge in [0.05, 0.1) is 12.6 Å². The molecule has 1 amide bonds. The number of furan rings is 1. The molecule has 1 N–H and O–H groups in total. The number of rotatable bonds is 2. The topological polar surface area (TPSA) is 53.7 Å². The van der Waals surface area contributed by atoms with Gasteiger partial charge in [-0.15, -0.1) is 0 Å². The fraction of sp³-hybridized carbons (Fsp3) is 0.438. The molecule has 0 bridgehead atoms. The van der Waals surface area contributed by atoms with E-state index in [1.807, 2.05) is 6.92 Å². The van der Waals surface area contributed by atoms with Crippen molar-refractivity contribution in [2.75, 3.05) is 13.2 Å². The Hall–Kier alpha value is -1.88. The molecule has 0 aliphatic carbocycles. The molecule has 2 unspecified atom stereocenters. The van der Waals surface area contributed by atoms with Gasteiger partial charge < -0.3 is 14.4 Å². The fourth-order valence-corrected chi connectivity index (χ4v) is 3.07. The van der Waals surface area contributed by atoms with Gasteiger partial charge in [0.15, 0.2) is 5.76 Å². The number of hydrogen-bond acceptors (Lipinski definition) is 3. The van der Waals surface area contributed by atoms with Gasteiger partial charge >= 0.3 is 0 Å². The van der Waals surface area contributed by atoms with Crippen LogP contribution in [0, 0.1) is 18.7 Å². The van der Waals surface area contributed by atoms with Gasteiger partial charge in [-0.3, -0.25) is 4.79 Å². The number of halogens is 1. The third-order valence-corrected chi connectivity index (χ3v) is 4.42. The molecular formula is C16H18FNO3. The number of likely N-dealkylation sites (tertiary alicyclic amines) is 1. The van der Waals surface area contributed by atoms with E-state index in [1.165, 1.54) is 18.2 Å². The lowest BCUT2D eigenvalue weighted by Crippen LogP contribution is -2.39. The van der Waals surface area contributed by atoms with Crippen LogP contribution in [0.3, 0.4) is 0 Å². The summed E-state index contributed by atoms with van der Waals surface area (Å²) in [6.07, 6.45) is 0.866. The van der Waals surface area contributed by atoms with Gasteiger partial charge in [-0.2, -0.15) is 0 Å². The SMILES string of the molecule is Cc1c(C(=O)N2CCC(C)C2CO)oc2ccc(F)cc12. The third kappa shape index (κ3) is 2.21. The molecule has 2 heterocycles. The number of carbonyl (C=O) groups excluding carboxylic acids is 1. The number of aryl methyl sites for hydroxylation is 1. The van der Waals surface area contributed by atoms with Gasteiger partial charge in [0, 0.05) is 17.5 Å². The number of nitrogens with zero attached hydrogens (tertiary/aromatic N) is 1. The van der Waals surface area contributed by atoms with E-state index in [1.54, 1.807) is 11.8 Å². The van der Waals surface area contributed by atoms with E-state index in [2.05, 4.69) is 0 Å². The Labute approximate surface area is 122 Å². The number of aliphatic hydroxyl groups excluding tert-OH is 1. The van der Waals surface area contributed by atoms with Gasteiger partial charge in [0.1, 0.15) is 11.4 Å². The Kier molecular flexibility index (Phi) is 3.45. The van der Waals surface area contributed by atoms with Crippen molar-refractivity contribution in [1.29, 1.82) is 0 Å². The first-order chi connectivity index (χ1) is 10.0. The van der Waals surface area contributed by atoms with E-state index in [4.69, 9.17) is 4.42 Å². The summed E-state index contributed by atoms with van der Waals surface area (Å²) in [5, 5.41) is 10.1. The minimum absolute atomic E-state index is 0.0548. The van der Waals surface area contributed by atoms with Crippen LogP contribution in [-0.4, -0.2) is 35.1 Å². The van der Waals surface area contributed by atoms with Crippen molar-refractivity contribution in [3.63, 3.8) is 0 Å². The zero-order valence-electron chi connectivity index (χ0n) is 12.1. The number of hydrogen-bond donors (Lipinski definition) is 1. The largest absolute Gasteiger partial charge is 0.451 e. The fourth-order valence-electron chi connectivity index (χ4n) is 3.07. The van der Waals surface area contributed by atoms with E-state index in [0.717, 1.165) is 6.42 Å². The molecule has 1 fully saturated rings. The highest BCUT2D eigenvalue weighted by Crippen LogP contribution is 2.30. The van der Waals surface area contributed by atoms with Crippen molar-refractivity contribution in [1.82, 2.24) is 4.90 Å². The minimum atomic E-state index is -0.353. The van der Waals surface area contributed by atoms with Gasteiger partial charge in [0.25, 0.3) is 5.91 Å². The van der Waals surface area contributed by atoms with E-state index in [9.17, 15) is 14.3 Å². The van der Waals surface area contributed by atoms with Gasteiger partial charge in [0.2, 0.25) is 0 Å². The Bertz CT molecular complexity index is 694. The summed E-state index contributed by atoms with van der Waals surface area (Å²) in [7, 11) is 0. The lowest BCUT2D eigenvalue weighted by Gasteiger charge is -2.24. The van der Waals surface area contributed by atoms with Crippen LogP contribution < -0.4 is 0 Å². The maximum atomic E-state index is 13.3. The maximum Gasteiger partial charge on any atom is 0.290 e. The summed E-state index contributed by atoms with van der Waals surface area (Å²) in [4.78, 5) is 14.3. The van der Waals surface area contributed by atoms with Crippen LogP contribution >= 0.6 is 0 Å². The van der Waals surface area contributed by atoms with Gasteiger partial charge in [-0.05, 0) is 37.5 Å². The molecule has 3 rings (SSSR count). The number of aliphatic hydroxyl groups is 1. The standard InChI is InChI=1S/C16H18FNO3/c1-9-5-6-18(13(9)8-19)16(20)15-10(2)12-7-11(17)3-4-14(12)21-15/h3-4,7,9,13,19H,5-6,8H2,1-2H3. The van der Waals surface area contributed by atoms with Gasteiger partial charge in [-0.1, -0.05) is 6.92 Å². The Morgan fingerprint density at radius 3 is 3.00 bits per heavy atom. The molecule has 1 aliphatic heterocycles. The maximum absolute atomic E-state index is 13.3. The molecule has 0 spiro atoms. The molecule has 1 saturated heterocycles. The highest BCUT2D eigenvalue weighted by atomic mass is 19.1. The van der Waals surface area contributed by atoms with Crippen molar-refractivity contribution in [3.05, 3.63) is 35.3 Å². The molecule has 0 saturated carbocycles. The summed E-state index contributed by atoms with van der Waals surface area (Å²) in [5.74, 6) is -0.0786. The summed E-state index contributed by atoms with van der Waals surface area (Å²) in [5.41, 5.74) is 1.15. The zero-order valence-corrected chi connectivity index (χ0v) is 12.1. The normalized spacial score (nSPS) is 22.2. The van der Waals surface area contributed by atoms with Crippen LogP contribution in [0.25, 0.3) is 11.0 Å². The van der Waals surface area contributed by atoms with Crippen LogP contribution in [0.5, 0.6) is 0 Å². The molecule has 21 heavy (non-hydrogen) atoms. The van der Waals surface area contributed by atoms with Crippen molar-refractivity contribution in [2.24, 2.45) is 5.92 Å². The van der Waals surface area contributed by atoms with Crippen molar-refractivity contribution < 1.29 is 18.7 Å². The molecular weight excluding hydrogens is 273 g/mol. The highest BCUT2D eigenvalue weighted by Gasteiger charge is 2.36. The Morgan fingerprint density at radius 2 is 2.29 bits per heavy atom. The van der Waals surface area contributed by atoms with Crippen LogP contribution in [0.1, 0.15) is 29.5 Å². The van der Waals surface area contributed by atoms with Crippen LogP contribution in [0.15, 0.2) is 22.6 Å². The second-order valence-corrected chi connectivity index (χ2v) is 5.71. The second-order valence-electron chi connectivity index (χ2n) is 5.71. The minimum Gasteiger partial charge on any atom is -0.451 e. The molecule has 0 radical (unpaired) electrons. The zero-order chi connectivity index (χ0) is 15.1. The molecule has 1 aliphatic rings. The first-order valence-corrected chi connectivity index (χ1v) is 7.13. The average Bonchev–Trinajstić information content (AvgIpc) is 2.99. The van der Waals surface area contributed by atoms with Crippen molar-refractivity contribution in [2.45, 2.75) is 26.3 Å². The molecule has 4 nitrogen and oxygen atoms in total. The predicted molar refractivity (Wildman–Crippen MR) is 76.6 cm³/mol. The van der Waals surface area contributed by atoms with Gasteiger partial charge in [-0.25, -0.2) is 4.39 Å². The number of amides is 1. The molecule has 5 heteroatoms. The van der Waals surface area contributed by atoms with Crippen LogP contribution in [-0.2, 0) is 0 Å². The van der Waals surface area contributed by atoms with Crippen LogP contribution in [0.2, 0.25) is 0 Å². The smallest absolute Gasteiger partial charge is 0.290 e. The summed E-state index contributed by atoms with van der Waals surface area (Å²) in [6.45, 7) is 4.33. The van der Waals surface area contributed by atoms with Crippen LogP contribution in [0.4, 0.5) is 4.39 Å². The summed E-state index contributed by atoms with van der Waals surface area (Å²) in [6, 6.07) is 4.04. The van der Waals surface area contributed by atoms with E-state index in [-0.39, 0.29) is 36.1 Å². The Morgan fingerprint density at radius 1 is 1.52 bits per heavy atom. The number of carbonyl (C=O) groups is 1. The third-order valence-electron chi connectivity index (χ3n) is 4.42. The van der Waals surface area contributed by atoms with E-state index < -0.39 is 0 Å². The van der Waals surface area contributed by atoms with E-state index >= 15 is 0 Å². The molecule has 2 aromatic rings. The van der Waals surface area contributed by atoms with E-state index in [0.29, 0.717) is 23.1 Å². The quantitative estimate of drug-likeness (QED) is 0.925. The van der Waals surface area contributed by atoms with Crippen molar-refractivity contribution >= 4 is 16.9 Å². The highest BCUT2D eigenvalue weighted by molar-refractivity contribution is 5.99. The number of benzene rings is 1. The first-order valence-electron chi connectivity index (χ1n) is 7.13. The predicted octanol–water partition coefficient (Wildman–Crippen LogP) is 2.72. The average molecular weight is 291 g/mol. The molecule has 1 aromatic carbocycles. The molecule has 2 atom stereocenters. The lowest BCUT2D eigenvalue weighted by atomic mass is 10.0. The Balaban J connectivity index is 2.00. The molecule has 1 aromatic heterocycles. The monoisotopic (exact) mass is 291 g/mol.